The Labute approximate surface area is 105 Å². The van der Waals surface area contributed by atoms with Crippen LogP contribution in [0.4, 0.5) is 13.2 Å². The molecule has 1 atom stereocenters. The molecule has 1 N–H and O–H groups in total. The van der Waals surface area contributed by atoms with Crippen LogP contribution in [-0.2, 0) is 12.8 Å². The van der Waals surface area contributed by atoms with Crippen LogP contribution in [0.5, 0.6) is 0 Å². The fourth-order valence-corrected chi connectivity index (χ4v) is 1.69. The molecule has 1 rings (SSSR count). The van der Waals surface area contributed by atoms with Gasteiger partial charge in [-0.25, -0.2) is 0 Å². The zero-order chi connectivity index (χ0) is 13.2. The van der Waals surface area contributed by atoms with Crippen molar-refractivity contribution in [1.82, 2.24) is 0 Å². The van der Waals surface area contributed by atoms with E-state index < -0.39 is 34.5 Å². The van der Waals surface area contributed by atoms with E-state index in [0.29, 0.717) is 0 Å². The zero-order valence-electron chi connectivity index (χ0n) is 8.88. The van der Waals surface area contributed by atoms with E-state index in [1.54, 1.807) is 0 Å². The van der Waals surface area contributed by atoms with Gasteiger partial charge in [-0.2, -0.15) is 13.2 Å². The molecule has 0 heterocycles. The van der Waals surface area contributed by atoms with Crippen LogP contribution in [0, 0.1) is 0 Å². The Kier molecular flexibility index (Phi) is 4.32. The van der Waals surface area contributed by atoms with Crippen molar-refractivity contribution >= 4 is 21.7 Å². The fourth-order valence-electron chi connectivity index (χ4n) is 1.46. The first-order valence-corrected chi connectivity index (χ1v) is 5.68. The minimum atomic E-state index is -4.61. The number of benzene rings is 1. The molecule has 0 fully saturated rings. The van der Waals surface area contributed by atoms with Crippen LogP contribution in [0.3, 0.4) is 0 Å². The van der Waals surface area contributed by atoms with E-state index in [4.69, 9.17) is 5.11 Å². The lowest BCUT2D eigenvalue weighted by atomic mass is 9.96. The monoisotopic (exact) mass is 310 g/mol. The molecule has 0 saturated carbocycles. The predicted octanol–water partition coefficient (Wildman–Crippen LogP) is 3.16. The third-order valence-electron chi connectivity index (χ3n) is 2.23. The molecule has 1 aromatic rings. The number of hydrogen-bond donors (Lipinski definition) is 1. The molecule has 0 aromatic heterocycles. The van der Waals surface area contributed by atoms with Crippen molar-refractivity contribution in [3.63, 3.8) is 0 Å². The van der Waals surface area contributed by atoms with Crippen molar-refractivity contribution in [3.05, 3.63) is 34.9 Å². The van der Waals surface area contributed by atoms with Crippen molar-refractivity contribution in [2.75, 3.05) is 0 Å². The minimum absolute atomic E-state index is 0.0175. The Balaban J connectivity index is 3.47. The van der Waals surface area contributed by atoms with Gasteiger partial charge in [-0.1, -0.05) is 28.1 Å². The second-order valence-electron chi connectivity index (χ2n) is 3.48. The first kappa shape index (κ1) is 14.2. The van der Waals surface area contributed by atoms with Crippen LogP contribution >= 0.6 is 15.9 Å². The molecule has 94 valence electrons. The molecular formula is C11H10BrF3O2. The molecule has 0 bridgehead atoms. The summed E-state index contributed by atoms with van der Waals surface area (Å²) in [4.78, 5) is 11.0. The van der Waals surface area contributed by atoms with E-state index in [9.17, 15) is 18.0 Å². The highest BCUT2D eigenvalue weighted by atomic mass is 79.9. The zero-order valence-corrected chi connectivity index (χ0v) is 10.5. The van der Waals surface area contributed by atoms with Crippen molar-refractivity contribution in [1.29, 1.82) is 0 Å². The summed E-state index contributed by atoms with van der Waals surface area (Å²) in [6, 6.07) is 3.31. The summed E-state index contributed by atoms with van der Waals surface area (Å²) in [6.45, 7) is 0.835. The second-order valence-corrected chi connectivity index (χ2v) is 4.85. The average Bonchev–Trinajstić information content (AvgIpc) is 2.25. The molecule has 0 amide bonds. The maximum atomic E-state index is 12.7. The summed E-state index contributed by atoms with van der Waals surface area (Å²) in [5.74, 6) is -0.693. The van der Waals surface area contributed by atoms with Gasteiger partial charge >= 0.3 is 6.18 Å². The summed E-state index contributed by atoms with van der Waals surface area (Å²) < 4.78 is 38.2. The van der Waals surface area contributed by atoms with Crippen LogP contribution in [0.1, 0.15) is 28.4 Å². The molecule has 6 heteroatoms. The highest BCUT2D eigenvalue weighted by Crippen LogP contribution is 2.34. The van der Waals surface area contributed by atoms with E-state index in [2.05, 4.69) is 15.9 Å². The van der Waals surface area contributed by atoms with E-state index in [0.717, 1.165) is 6.07 Å². The number of alkyl halides is 4. The molecule has 0 aliphatic carbocycles. The molecule has 0 aliphatic rings. The summed E-state index contributed by atoms with van der Waals surface area (Å²) in [5.41, 5.74) is -1.50. The van der Waals surface area contributed by atoms with Gasteiger partial charge in [0.1, 0.15) is 0 Å². The van der Waals surface area contributed by atoms with Crippen LogP contribution in [0.15, 0.2) is 18.2 Å². The van der Waals surface area contributed by atoms with Gasteiger partial charge in [0.05, 0.1) is 17.0 Å². The number of hydrogen-bond acceptors (Lipinski definition) is 2. The molecule has 2 nitrogen and oxygen atoms in total. The first-order chi connectivity index (χ1) is 7.79. The number of aliphatic hydroxyl groups is 1. The maximum Gasteiger partial charge on any atom is 0.417 e. The lowest BCUT2D eigenvalue weighted by Gasteiger charge is -2.15. The molecular weight excluding hydrogens is 301 g/mol. The van der Waals surface area contributed by atoms with Crippen molar-refractivity contribution in [2.24, 2.45) is 0 Å². The predicted molar refractivity (Wildman–Crippen MR) is 60.1 cm³/mol. The van der Waals surface area contributed by atoms with Crippen LogP contribution < -0.4 is 0 Å². The second kappa shape index (κ2) is 5.18. The van der Waals surface area contributed by atoms with Gasteiger partial charge in [-0.05, 0) is 18.6 Å². The summed E-state index contributed by atoms with van der Waals surface area (Å²) in [5, 5.41) is 9.00. The highest BCUT2D eigenvalue weighted by Gasteiger charge is 2.36. The molecule has 1 aromatic carbocycles. The number of carbonyl (C=O) groups excluding carboxylic acids is 1. The number of carbonyl (C=O) groups is 1. The van der Waals surface area contributed by atoms with Gasteiger partial charge in [0.2, 0.25) is 0 Å². The lowest BCUT2D eigenvalue weighted by Crippen LogP contribution is -2.20. The smallest absolute Gasteiger partial charge is 0.392 e. The normalized spacial score (nSPS) is 13.5. The molecule has 0 aliphatic heterocycles. The molecule has 0 radical (unpaired) electrons. The molecule has 1 unspecified atom stereocenters. The van der Waals surface area contributed by atoms with E-state index in [1.807, 2.05) is 0 Å². The molecule has 0 spiro atoms. The van der Waals surface area contributed by atoms with Crippen LogP contribution in [0.25, 0.3) is 0 Å². The van der Waals surface area contributed by atoms with Gasteiger partial charge in [0, 0.05) is 5.56 Å². The van der Waals surface area contributed by atoms with Gasteiger partial charge < -0.3 is 5.11 Å². The van der Waals surface area contributed by atoms with Gasteiger partial charge in [-0.15, -0.1) is 0 Å². The quantitative estimate of drug-likeness (QED) is 0.688. The number of aliphatic hydroxyl groups excluding tert-OH is 1. The number of rotatable bonds is 3. The standard InChI is InChI=1S/C11H10BrF3O2/c1-6(12)10(17)9-7(5-16)3-2-4-8(9)11(13,14)15/h2-4,6,16H,5H2,1H3. The Morgan fingerprint density at radius 1 is 1.47 bits per heavy atom. The maximum absolute atomic E-state index is 12.7. The third-order valence-corrected chi connectivity index (χ3v) is 2.65. The first-order valence-electron chi connectivity index (χ1n) is 4.77. The van der Waals surface area contributed by atoms with E-state index in [-0.39, 0.29) is 5.56 Å². The fraction of sp³-hybridized carbons (Fsp3) is 0.364. The number of ketones is 1. The average molecular weight is 311 g/mol. The number of Topliss-reactive ketones (excluding diaryl/α,β-unsaturated/α-hetero) is 1. The van der Waals surface area contributed by atoms with E-state index >= 15 is 0 Å². The van der Waals surface area contributed by atoms with Crippen molar-refractivity contribution in [3.8, 4) is 0 Å². The highest BCUT2D eigenvalue weighted by molar-refractivity contribution is 9.10. The van der Waals surface area contributed by atoms with Gasteiger partial charge in [0.15, 0.2) is 5.78 Å². The van der Waals surface area contributed by atoms with Crippen molar-refractivity contribution < 1.29 is 23.1 Å². The van der Waals surface area contributed by atoms with Crippen LogP contribution in [-0.4, -0.2) is 15.7 Å². The Morgan fingerprint density at radius 3 is 2.47 bits per heavy atom. The van der Waals surface area contributed by atoms with Crippen molar-refractivity contribution in [2.45, 2.75) is 24.5 Å². The molecule has 17 heavy (non-hydrogen) atoms. The van der Waals surface area contributed by atoms with Gasteiger partial charge in [-0.3, -0.25) is 4.79 Å². The number of halogens is 4. The summed E-state index contributed by atoms with van der Waals surface area (Å²) >= 11 is 2.94. The topological polar surface area (TPSA) is 37.3 Å². The van der Waals surface area contributed by atoms with Crippen LogP contribution in [0.2, 0.25) is 0 Å². The summed E-state index contributed by atoms with van der Waals surface area (Å²) in [7, 11) is 0. The SMILES string of the molecule is CC(Br)C(=O)c1c(CO)cccc1C(F)(F)F. The Morgan fingerprint density at radius 2 is 2.06 bits per heavy atom. The largest absolute Gasteiger partial charge is 0.417 e. The lowest BCUT2D eigenvalue weighted by molar-refractivity contribution is -0.138. The van der Waals surface area contributed by atoms with E-state index in [1.165, 1.54) is 19.1 Å². The van der Waals surface area contributed by atoms with Gasteiger partial charge in [0.25, 0.3) is 0 Å². The minimum Gasteiger partial charge on any atom is -0.392 e. The Bertz CT molecular complexity index is 427. The third kappa shape index (κ3) is 3.07. The molecule has 0 saturated heterocycles. The summed E-state index contributed by atoms with van der Waals surface area (Å²) in [6.07, 6.45) is -4.61. The Hall–Kier alpha value is -0.880.